The predicted octanol–water partition coefficient (Wildman–Crippen LogP) is 2.15. The maximum Gasteiger partial charge on any atom is 0.168 e. The molecule has 0 spiro atoms. The molecule has 7 nitrogen and oxygen atoms in total. The molecule has 4 heterocycles. The first-order valence-electron chi connectivity index (χ1n) is 9.00. The quantitative estimate of drug-likeness (QED) is 0.690. The van der Waals surface area contributed by atoms with E-state index >= 15 is 0 Å². The first-order chi connectivity index (χ1) is 12.3. The lowest BCUT2D eigenvalue weighted by atomic mass is 9.94. The Bertz CT molecular complexity index is 958. The van der Waals surface area contributed by atoms with Gasteiger partial charge >= 0.3 is 0 Å². The van der Waals surface area contributed by atoms with Crippen LogP contribution in [0.15, 0.2) is 0 Å². The Labute approximate surface area is 157 Å². The van der Waals surface area contributed by atoms with Crippen LogP contribution in [0.2, 0.25) is 0 Å². The van der Waals surface area contributed by atoms with Crippen molar-refractivity contribution in [3.8, 4) is 0 Å². The third-order valence-electron chi connectivity index (χ3n) is 4.73. The topological polar surface area (TPSA) is 67.6 Å². The maximum absolute atomic E-state index is 5.98. The van der Waals surface area contributed by atoms with E-state index in [-0.39, 0.29) is 5.60 Å². The Morgan fingerprint density at radius 2 is 2.12 bits per heavy atom. The molecule has 0 bridgehead atoms. The zero-order valence-corrected chi connectivity index (χ0v) is 16.9. The lowest BCUT2D eigenvalue weighted by Gasteiger charge is -2.30. The summed E-state index contributed by atoms with van der Waals surface area (Å²) in [5.41, 5.74) is 2.10. The van der Waals surface area contributed by atoms with Crippen LogP contribution in [0.1, 0.15) is 35.9 Å². The minimum absolute atomic E-state index is 0.153. The molecule has 1 aliphatic rings. The fourth-order valence-electron chi connectivity index (χ4n) is 3.36. The Balaban J connectivity index is 1.73. The number of nitrogens with zero attached hydrogens (tertiary/aromatic N) is 5. The summed E-state index contributed by atoms with van der Waals surface area (Å²) >= 11 is 1.73. The SMILES string of the molecule is Cc1nc2sc3c(c2c2nc(CNCCN(C)C)nn12)CC(C)(C)OC3. The molecule has 26 heavy (non-hydrogen) atoms. The van der Waals surface area contributed by atoms with E-state index in [1.165, 1.54) is 10.4 Å². The van der Waals surface area contributed by atoms with E-state index in [1.54, 1.807) is 11.3 Å². The second-order valence-corrected chi connectivity index (χ2v) is 8.90. The second-order valence-electron chi connectivity index (χ2n) is 7.81. The summed E-state index contributed by atoms with van der Waals surface area (Å²) in [5.74, 6) is 1.69. The summed E-state index contributed by atoms with van der Waals surface area (Å²) < 4.78 is 7.87. The van der Waals surface area contributed by atoms with Crippen molar-refractivity contribution in [3.05, 3.63) is 22.1 Å². The molecule has 0 saturated heterocycles. The van der Waals surface area contributed by atoms with Crippen molar-refractivity contribution in [2.24, 2.45) is 0 Å². The molecule has 0 atom stereocenters. The first-order valence-corrected chi connectivity index (χ1v) is 9.81. The second kappa shape index (κ2) is 6.53. The largest absolute Gasteiger partial charge is 0.370 e. The molecule has 0 saturated carbocycles. The third kappa shape index (κ3) is 3.22. The third-order valence-corrected chi connectivity index (χ3v) is 5.83. The summed E-state index contributed by atoms with van der Waals surface area (Å²) in [6, 6.07) is 0. The van der Waals surface area contributed by atoms with Crippen molar-refractivity contribution < 1.29 is 4.74 Å². The number of aromatic nitrogens is 4. The lowest BCUT2D eigenvalue weighted by molar-refractivity contribution is -0.0379. The predicted molar refractivity (Wildman–Crippen MR) is 104 cm³/mol. The number of fused-ring (bicyclic) bond motifs is 5. The molecular formula is C18H26N6OS. The van der Waals surface area contributed by atoms with Crippen LogP contribution in [0.25, 0.3) is 15.9 Å². The number of thiophene rings is 1. The van der Waals surface area contributed by atoms with Gasteiger partial charge in [-0.2, -0.15) is 4.52 Å². The highest BCUT2D eigenvalue weighted by molar-refractivity contribution is 7.19. The van der Waals surface area contributed by atoms with Crippen molar-refractivity contribution >= 4 is 27.2 Å². The van der Waals surface area contributed by atoms with Gasteiger partial charge in [0.05, 0.1) is 24.1 Å². The van der Waals surface area contributed by atoms with Gasteiger partial charge in [0.1, 0.15) is 10.7 Å². The van der Waals surface area contributed by atoms with Gasteiger partial charge in [-0.3, -0.25) is 0 Å². The van der Waals surface area contributed by atoms with Gasteiger partial charge in [-0.25, -0.2) is 9.97 Å². The number of hydrogen-bond donors (Lipinski definition) is 1. The molecular weight excluding hydrogens is 348 g/mol. The Morgan fingerprint density at radius 1 is 1.31 bits per heavy atom. The molecule has 0 fully saturated rings. The zero-order valence-electron chi connectivity index (χ0n) is 16.1. The van der Waals surface area contributed by atoms with Crippen LogP contribution in [-0.4, -0.2) is 57.3 Å². The molecule has 0 aliphatic carbocycles. The highest BCUT2D eigenvalue weighted by Gasteiger charge is 2.31. The zero-order chi connectivity index (χ0) is 18.5. The van der Waals surface area contributed by atoms with Gasteiger partial charge in [0, 0.05) is 24.4 Å². The van der Waals surface area contributed by atoms with E-state index in [0.717, 1.165) is 47.0 Å². The average molecular weight is 375 g/mol. The van der Waals surface area contributed by atoms with Gasteiger partial charge in [-0.15, -0.1) is 16.4 Å². The number of nitrogens with one attached hydrogen (secondary N) is 1. The fraction of sp³-hybridized carbons (Fsp3) is 0.611. The summed E-state index contributed by atoms with van der Waals surface area (Å²) in [7, 11) is 4.14. The van der Waals surface area contributed by atoms with Gasteiger partial charge in [-0.1, -0.05) is 0 Å². The molecule has 8 heteroatoms. The van der Waals surface area contributed by atoms with Crippen molar-refractivity contribution in [2.45, 2.75) is 45.9 Å². The molecule has 0 unspecified atom stereocenters. The molecule has 140 valence electrons. The van der Waals surface area contributed by atoms with E-state index in [0.29, 0.717) is 13.2 Å². The van der Waals surface area contributed by atoms with Crippen LogP contribution in [0.4, 0.5) is 0 Å². The summed E-state index contributed by atoms with van der Waals surface area (Å²) in [6.45, 7) is 9.49. The van der Waals surface area contributed by atoms with E-state index in [2.05, 4.69) is 43.3 Å². The fourth-order valence-corrected chi connectivity index (χ4v) is 4.51. The van der Waals surface area contributed by atoms with Crippen molar-refractivity contribution in [3.63, 3.8) is 0 Å². The van der Waals surface area contributed by atoms with Crippen LogP contribution in [-0.2, 0) is 24.3 Å². The van der Waals surface area contributed by atoms with Gasteiger partial charge in [0.15, 0.2) is 11.5 Å². The van der Waals surface area contributed by atoms with Crippen LogP contribution in [0, 0.1) is 6.92 Å². The van der Waals surface area contributed by atoms with Crippen molar-refractivity contribution in [1.29, 1.82) is 0 Å². The summed E-state index contributed by atoms with van der Waals surface area (Å²) in [4.78, 5) is 14.1. The van der Waals surface area contributed by atoms with E-state index in [4.69, 9.17) is 14.7 Å². The number of aryl methyl sites for hydroxylation is 1. The van der Waals surface area contributed by atoms with Crippen LogP contribution in [0.5, 0.6) is 0 Å². The molecule has 3 aromatic rings. The first kappa shape index (κ1) is 17.8. The monoisotopic (exact) mass is 374 g/mol. The Kier molecular flexibility index (Phi) is 4.46. The van der Waals surface area contributed by atoms with Crippen LogP contribution >= 0.6 is 11.3 Å². The summed E-state index contributed by atoms with van der Waals surface area (Å²) in [6.07, 6.45) is 0.881. The highest BCUT2D eigenvalue weighted by Crippen LogP contribution is 2.39. The van der Waals surface area contributed by atoms with Gasteiger partial charge in [0.25, 0.3) is 0 Å². The van der Waals surface area contributed by atoms with Gasteiger partial charge < -0.3 is 15.0 Å². The number of rotatable bonds is 5. The molecule has 1 N–H and O–H groups in total. The molecule has 0 aromatic carbocycles. The molecule has 0 amide bonds. The molecule has 1 aliphatic heterocycles. The lowest BCUT2D eigenvalue weighted by Crippen LogP contribution is -2.31. The minimum atomic E-state index is -0.153. The normalized spacial score (nSPS) is 16.7. The van der Waals surface area contributed by atoms with E-state index in [9.17, 15) is 0 Å². The maximum atomic E-state index is 5.98. The van der Waals surface area contributed by atoms with Crippen molar-refractivity contribution in [2.75, 3.05) is 27.2 Å². The minimum Gasteiger partial charge on any atom is -0.370 e. The van der Waals surface area contributed by atoms with Crippen molar-refractivity contribution in [1.82, 2.24) is 29.8 Å². The number of hydrogen-bond acceptors (Lipinski definition) is 7. The highest BCUT2D eigenvalue weighted by atomic mass is 32.1. The standard InChI is InChI=1S/C18H26N6OS/c1-11-20-17-15(12-8-18(2,3)25-10-13(12)26-17)16-21-14(22-24(11)16)9-19-6-7-23(4)5/h19H,6-10H2,1-5H3. The smallest absolute Gasteiger partial charge is 0.168 e. The number of likely N-dealkylation sites (N-methyl/N-ethyl adjacent to an activating group) is 1. The van der Waals surface area contributed by atoms with E-state index in [1.807, 2.05) is 11.4 Å². The van der Waals surface area contributed by atoms with Crippen LogP contribution in [0.3, 0.4) is 0 Å². The number of ether oxygens (including phenoxy) is 1. The average Bonchev–Trinajstić information content (AvgIpc) is 3.11. The Hall–Kier alpha value is -1.61. The van der Waals surface area contributed by atoms with E-state index < -0.39 is 0 Å². The van der Waals surface area contributed by atoms with Crippen LogP contribution < -0.4 is 5.32 Å². The van der Waals surface area contributed by atoms with Gasteiger partial charge in [0.2, 0.25) is 0 Å². The molecule has 0 radical (unpaired) electrons. The van der Waals surface area contributed by atoms with Gasteiger partial charge in [-0.05, 0) is 40.4 Å². The molecule has 3 aromatic heterocycles. The Morgan fingerprint density at radius 3 is 2.88 bits per heavy atom. The summed E-state index contributed by atoms with van der Waals surface area (Å²) in [5, 5.41) is 9.25. The molecule has 4 rings (SSSR count).